The van der Waals surface area contributed by atoms with E-state index in [-0.39, 0.29) is 0 Å². The quantitative estimate of drug-likeness (QED) is 0.760. The Hall–Kier alpha value is -1.46. The van der Waals surface area contributed by atoms with E-state index >= 15 is 0 Å². The maximum atomic E-state index is 5.46. The summed E-state index contributed by atoms with van der Waals surface area (Å²) >= 11 is 0. The molecule has 1 rings (SSSR count). The Balaban J connectivity index is 2.46. The highest BCUT2D eigenvalue weighted by Crippen LogP contribution is 2.13. The molecule has 17 heavy (non-hydrogen) atoms. The molecule has 1 unspecified atom stereocenters. The predicted octanol–water partition coefficient (Wildman–Crippen LogP) is 2.63. The van der Waals surface area contributed by atoms with E-state index in [4.69, 9.17) is 4.74 Å². The SMILES string of the molecule is CC#CCOc1ccc(CC(C)NCC)cc1. The molecule has 0 saturated carbocycles. The minimum absolute atomic E-state index is 0.462. The van der Waals surface area contributed by atoms with E-state index in [1.165, 1.54) is 5.56 Å². The third kappa shape index (κ3) is 5.42. The zero-order valence-corrected chi connectivity index (χ0v) is 10.9. The van der Waals surface area contributed by atoms with Crippen LogP contribution >= 0.6 is 0 Å². The summed E-state index contributed by atoms with van der Waals surface area (Å²) in [5, 5.41) is 3.40. The summed E-state index contributed by atoms with van der Waals surface area (Å²) in [6, 6.07) is 8.75. The van der Waals surface area contributed by atoms with Gasteiger partial charge in [-0.2, -0.15) is 0 Å². The molecule has 1 N–H and O–H groups in total. The summed E-state index contributed by atoms with van der Waals surface area (Å²) in [6.45, 7) is 7.61. The first-order valence-corrected chi connectivity index (χ1v) is 6.11. The second-order valence-corrected chi connectivity index (χ2v) is 4.02. The fourth-order valence-corrected chi connectivity index (χ4v) is 1.69. The van der Waals surface area contributed by atoms with E-state index in [9.17, 15) is 0 Å². The van der Waals surface area contributed by atoms with Gasteiger partial charge in [0.1, 0.15) is 12.4 Å². The van der Waals surface area contributed by atoms with Gasteiger partial charge in [-0.25, -0.2) is 0 Å². The molecule has 0 radical (unpaired) electrons. The monoisotopic (exact) mass is 231 g/mol. The summed E-state index contributed by atoms with van der Waals surface area (Å²) < 4.78 is 5.46. The lowest BCUT2D eigenvalue weighted by Gasteiger charge is -2.12. The molecule has 1 atom stereocenters. The van der Waals surface area contributed by atoms with Crippen molar-refractivity contribution in [3.8, 4) is 17.6 Å². The van der Waals surface area contributed by atoms with Crippen molar-refractivity contribution in [1.29, 1.82) is 0 Å². The standard InChI is InChI=1S/C15H21NO/c1-4-6-11-17-15-9-7-14(8-10-15)12-13(3)16-5-2/h7-10,13,16H,5,11-12H2,1-3H3. The highest BCUT2D eigenvalue weighted by molar-refractivity contribution is 5.28. The van der Waals surface area contributed by atoms with E-state index in [0.29, 0.717) is 12.6 Å². The van der Waals surface area contributed by atoms with Gasteiger partial charge in [0, 0.05) is 6.04 Å². The number of likely N-dealkylation sites (N-methyl/N-ethyl adjacent to an activating group) is 1. The van der Waals surface area contributed by atoms with Crippen LogP contribution in [0.5, 0.6) is 5.75 Å². The van der Waals surface area contributed by atoms with Crippen molar-refractivity contribution in [3.63, 3.8) is 0 Å². The van der Waals surface area contributed by atoms with Crippen LogP contribution in [0.3, 0.4) is 0 Å². The third-order valence-corrected chi connectivity index (χ3v) is 2.51. The van der Waals surface area contributed by atoms with Crippen molar-refractivity contribution < 1.29 is 4.74 Å². The molecule has 0 amide bonds. The first-order chi connectivity index (χ1) is 8.26. The van der Waals surface area contributed by atoms with Crippen molar-refractivity contribution in [2.45, 2.75) is 33.2 Å². The maximum absolute atomic E-state index is 5.46. The number of rotatable bonds is 6. The number of hydrogen-bond acceptors (Lipinski definition) is 2. The summed E-state index contributed by atoms with van der Waals surface area (Å²) in [4.78, 5) is 0. The van der Waals surface area contributed by atoms with Gasteiger partial charge >= 0.3 is 0 Å². The van der Waals surface area contributed by atoms with Crippen molar-refractivity contribution in [3.05, 3.63) is 29.8 Å². The van der Waals surface area contributed by atoms with E-state index in [1.807, 2.05) is 19.1 Å². The molecule has 0 spiro atoms. The van der Waals surface area contributed by atoms with Crippen LogP contribution in [0.15, 0.2) is 24.3 Å². The van der Waals surface area contributed by atoms with Crippen LogP contribution in [-0.2, 0) is 6.42 Å². The number of nitrogens with one attached hydrogen (secondary N) is 1. The summed E-state index contributed by atoms with van der Waals surface area (Å²) in [5.41, 5.74) is 1.33. The topological polar surface area (TPSA) is 21.3 Å². The molecule has 0 aliphatic rings. The van der Waals surface area contributed by atoms with Crippen molar-refractivity contribution in [1.82, 2.24) is 5.32 Å². The first-order valence-electron chi connectivity index (χ1n) is 6.11. The largest absolute Gasteiger partial charge is 0.481 e. The number of hydrogen-bond donors (Lipinski definition) is 1. The molecular weight excluding hydrogens is 210 g/mol. The Morgan fingerprint density at radius 3 is 2.59 bits per heavy atom. The Morgan fingerprint density at radius 2 is 2.00 bits per heavy atom. The molecule has 2 nitrogen and oxygen atoms in total. The van der Waals surface area contributed by atoms with Gasteiger partial charge in [-0.1, -0.05) is 25.0 Å². The van der Waals surface area contributed by atoms with Gasteiger partial charge in [-0.05, 0) is 44.5 Å². The summed E-state index contributed by atoms with van der Waals surface area (Å²) in [6.07, 6.45) is 1.04. The van der Waals surface area contributed by atoms with Crippen LogP contribution < -0.4 is 10.1 Å². The minimum atomic E-state index is 0.462. The Kier molecular flexibility index (Phi) is 6.21. The molecule has 0 bridgehead atoms. The maximum Gasteiger partial charge on any atom is 0.149 e. The van der Waals surface area contributed by atoms with E-state index in [0.717, 1.165) is 18.7 Å². The number of benzene rings is 1. The second-order valence-electron chi connectivity index (χ2n) is 4.02. The molecule has 1 aromatic carbocycles. The lowest BCUT2D eigenvalue weighted by molar-refractivity contribution is 0.370. The van der Waals surface area contributed by atoms with E-state index < -0.39 is 0 Å². The van der Waals surface area contributed by atoms with Crippen LogP contribution in [0.4, 0.5) is 0 Å². The Morgan fingerprint density at radius 1 is 1.29 bits per heavy atom. The van der Waals surface area contributed by atoms with Gasteiger partial charge in [0.05, 0.1) is 0 Å². The summed E-state index contributed by atoms with van der Waals surface area (Å²) in [7, 11) is 0. The average Bonchev–Trinajstić information content (AvgIpc) is 2.32. The van der Waals surface area contributed by atoms with Gasteiger partial charge in [0.15, 0.2) is 0 Å². The van der Waals surface area contributed by atoms with E-state index in [2.05, 4.69) is 43.1 Å². The van der Waals surface area contributed by atoms with Gasteiger partial charge in [-0.3, -0.25) is 0 Å². The molecule has 0 saturated heterocycles. The minimum Gasteiger partial charge on any atom is -0.481 e. The second kappa shape index (κ2) is 7.76. The lowest BCUT2D eigenvalue weighted by atomic mass is 10.1. The Labute approximate surface area is 104 Å². The fraction of sp³-hybridized carbons (Fsp3) is 0.467. The molecule has 0 fully saturated rings. The van der Waals surface area contributed by atoms with Crippen LogP contribution in [-0.4, -0.2) is 19.2 Å². The molecule has 1 aromatic rings. The van der Waals surface area contributed by atoms with Crippen LogP contribution in [0.1, 0.15) is 26.3 Å². The van der Waals surface area contributed by atoms with Crippen LogP contribution in [0.2, 0.25) is 0 Å². The smallest absolute Gasteiger partial charge is 0.149 e. The van der Waals surface area contributed by atoms with Crippen LogP contribution in [0.25, 0.3) is 0 Å². The first kappa shape index (κ1) is 13.6. The molecule has 0 aliphatic carbocycles. The molecule has 92 valence electrons. The summed E-state index contributed by atoms with van der Waals surface area (Å²) in [5.74, 6) is 6.57. The van der Waals surface area contributed by atoms with Crippen LogP contribution in [0, 0.1) is 11.8 Å². The zero-order chi connectivity index (χ0) is 12.5. The molecule has 0 aromatic heterocycles. The predicted molar refractivity (Wildman–Crippen MR) is 72.2 cm³/mol. The van der Waals surface area contributed by atoms with Gasteiger partial charge in [0.2, 0.25) is 0 Å². The third-order valence-electron chi connectivity index (χ3n) is 2.51. The van der Waals surface area contributed by atoms with Gasteiger partial charge < -0.3 is 10.1 Å². The molecular formula is C15H21NO. The lowest BCUT2D eigenvalue weighted by Crippen LogP contribution is -2.27. The van der Waals surface area contributed by atoms with Crippen molar-refractivity contribution in [2.75, 3.05) is 13.2 Å². The average molecular weight is 231 g/mol. The molecule has 0 heterocycles. The highest BCUT2D eigenvalue weighted by atomic mass is 16.5. The Bertz CT molecular complexity index is 372. The number of ether oxygens (including phenoxy) is 1. The fourth-order valence-electron chi connectivity index (χ4n) is 1.69. The van der Waals surface area contributed by atoms with E-state index in [1.54, 1.807) is 0 Å². The normalized spacial score (nSPS) is 11.5. The van der Waals surface area contributed by atoms with Gasteiger partial charge in [-0.15, -0.1) is 5.92 Å². The molecule has 0 aliphatic heterocycles. The van der Waals surface area contributed by atoms with Gasteiger partial charge in [0.25, 0.3) is 0 Å². The van der Waals surface area contributed by atoms with Crippen molar-refractivity contribution in [2.24, 2.45) is 0 Å². The zero-order valence-electron chi connectivity index (χ0n) is 10.9. The van der Waals surface area contributed by atoms with Crippen molar-refractivity contribution >= 4 is 0 Å². The highest BCUT2D eigenvalue weighted by Gasteiger charge is 2.01. The molecule has 2 heteroatoms.